The van der Waals surface area contributed by atoms with Crippen LogP contribution in [0.3, 0.4) is 0 Å². The van der Waals surface area contributed by atoms with Gasteiger partial charge in [0.2, 0.25) is 0 Å². The Labute approximate surface area is 76.5 Å². The van der Waals surface area contributed by atoms with E-state index < -0.39 is 0 Å². The Balaban J connectivity index is 2.39. The summed E-state index contributed by atoms with van der Waals surface area (Å²) in [6, 6.07) is 0. The van der Waals surface area contributed by atoms with Crippen LogP contribution >= 0.6 is 0 Å². The van der Waals surface area contributed by atoms with Crippen molar-refractivity contribution in [2.45, 2.75) is 39.5 Å². The highest BCUT2D eigenvalue weighted by molar-refractivity contribution is 4.81. The van der Waals surface area contributed by atoms with Gasteiger partial charge in [-0.2, -0.15) is 0 Å². The molecule has 0 aromatic carbocycles. The van der Waals surface area contributed by atoms with Gasteiger partial charge in [-0.05, 0) is 30.6 Å². The van der Waals surface area contributed by atoms with Crippen LogP contribution in [-0.4, -0.2) is 13.7 Å². The largest absolute Gasteiger partial charge is 0.384 e. The molecule has 1 rings (SSSR count). The summed E-state index contributed by atoms with van der Waals surface area (Å²) in [6.07, 6.45) is 5.55. The van der Waals surface area contributed by atoms with Gasteiger partial charge in [0.05, 0.1) is 0 Å². The van der Waals surface area contributed by atoms with Crippen molar-refractivity contribution in [1.29, 1.82) is 0 Å². The van der Waals surface area contributed by atoms with Crippen LogP contribution in [0.2, 0.25) is 0 Å². The zero-order chi connectivity index (χ0) is 8.97. The molecule has 72 valence electrons. The van der Waals surface area contributed by atoms with E-state index in [0.29, 0.717) is 0 Å². The first-order valence-electron chi connectivity index (χ1n) is 5.30. The Morgan fingerprint density at radius 2 is 1.75 bits per heavy atom. The van der Waals surface area contributed by atoms with E-state index in [-0.39, 0.29) is 0 Å². The summed E-state index contributed by atoms with van der Waals surface area (Å²) >= 11 is 0. The van der Waals surface area contributed by atoms with Gasteiger partial charge in [-0.1, -0.05) is 26.7 Å². The average molecular weight is 170 g/mol. The maximum atomic E-state index is 5.25. The van der Waals surface area contributed by atoms with Gasteiger partial charge in [-0.25, -0.2) is 0 Å². The predicted octanol–water partition coefficient (Wildman–Crippen LogP) is 3.10. The first-order chi connectivity index (χ1) is 5.81. The van der Waals surface area contributed by atoms with E-state index in [2.05, 4.69) is 13.8 Å². The average Bonchev–Trinajstić information content (AvgIpc) is 2.48. The Morgan fingerprint density at radius 1 is 1.08 bits per heavy atom. The third-order valence-electron chi connectivity index (χ3n) is 3.42. The van der Waals surface area contributed by atoms with Crippen LogP contribution in [0.4, 0.5) is 0 Å². The Kier molecular flexibility index (Phi) is 4.07. The van der Waals surface area contributed by atoms with Crippen molar-refractivity contribution >= 4 is 0 Å². The first kappa shape index (κ1) is 10.0. The van der Waals surface area contributed by atoms with Crippen LogP contribution in [-0.2, 0) is 4.74 Å². The minimum absolute atomic E-state index is 0.852. The number of hydrogen-bond donors (Lipinski definition) is 0. The van der Waals surface area contributed by atoms with Gasteiger partial charge in [-0.3, -0.25) is 0 Å². The van der Waals surface area contributed by atoms with Crippen LogP contribution in [0.5, 0.6) is 0 Å². The molecule has 3 unspecified atom stereocenters. The Hall–Kier alpha value is -0.0400. The molecule has 0 amide bonds. The number of ether oxygens (including phenoxy) is 1. The van der Waals surface area contributed by atoms with Gasteiger partial charge in [0.15, 0.2) is 0 Å². The van der Waals surface area contributed by atoms with Gasteiger partial charge in [-0.15, -0.1) is 0 Å². The fraction of sp³-hybridized carbons (Fsp3) is 1.00. The molecule has 1 aliphatic carbocycles. The van der Waals surface area contributed by atoms with Crippen molar-refractivity contribution in [1.82, 2.24) is 0 Å². The molecule has 0 aromatic heterocycles. The SMILES string of the molecule is CCC1CC(CC)C(COC)C1. The van der Waals surface area contributed by atoms with Crippen molar-refractivity contribution in [3.05, 3.63) is 0 Å². The van der Waals surface area contributed by atoms with Crippen LogP contribution < -0.4 is 0 Å². The molecular formula is C11H22O. The maximum Gasteiger partial charge on any atom is 0.0493 e. The molecule has 3 atom stereocenters. The Morgan fingerprint density at radius 3 is 2.25 bits per heavy atom. The van der Waals surface area contributed by atoms with Crippen molar-refractivity contribution in [2.24, 2.45) is 17.8 Å². The lowest BCUT2D eigenvalue weighted by Gasteiger charge is -2.15. The molecule has 0 heterocycles. The van der Waals surface area contributed by atoms with Gasteiger partial charge >= 0.3 is 0 Å². The molecule has 0 saturated heterocycles. The molecule has 0 bridgehead atoms. The molecule has 1 aliphatic rings. The van der Waals surface area contributed by atoms with E-state index in [1.165, 1.54) is 25.7 Å². The molecule has 0 spiro atoms. The lowest BCUT2D eigenvalue weighted by Crippen LogP contribution is -2.12. The van der Waals surface area contributed by atoms with E-state index in [1.807, 2.05) is 7.11 Å². The van der Waals surface area contributed by atoms with Gasteiger partial charge in [0.25, 0.3) is 0 Å². The monoisotopic (exact) mass is 170 g/mol. The normalized spacial score (nSPS) is 35.8. The Bertz CT molecular complexity index is 122. The minimum Gasteiger partial charge on any atom is -0.384 e. The molecule has 0 aromatic rings. The van der Waals surface area contributed by atoms with Gasteiger partial charge in [0, 0.05) is 13.7 Å². The third-order valence-corrected chi connectivity index (χ3v) is 3.42. The lowest BCUT2D eigenvalue weighted by molar-refractivity contribution is 0.131. The topological polar surface area (TPSA) is 9.23 Å². The van der Waals surface area contributed by atoms with Crippen LogP contribution in [0.1, 0.15) is 39.5 Å². The molecule has 0 N–H and O–H groups in total. The second-order valence-electron chi connectivity index (χ2n) is 4.13. The summed E-state index contributed by atoms with van der Waals surface area (Å²) < 4.78 is 5.25. The second kappa shape index (κ2) is 4.86. The zero-order valence-electron chi connectivity index (χ0n) is 8.68. The quantitative estimate of drug-likeness (QED) is 0.630. The van der Waals surface area contributed by atoms with Crippen LogP contribution in [0.15, 0.2) is 0 Å². The summed E-state index contributed by atoms with van der Waals surface area (Å²) in [6.45, 7) is 5.60. The summed E-state index contributed by atoms with van der Waals surface area (Å²) in [5, 5.41) is 0. The second-order valence-corrected chi connectivity index (χ2v) is 4.13. The van der Waals surface area contributed by atoms with Crippen molar-refractivity contribution < 1.29 is 4.74 Å². The predicted molar refractivity (Wildman–Crippen MR) is 52.2 cm³/mol. The fourth-order valence-electron chi connectivity index (χ4n) is 2.59. The number of hydrogen-bond acceptors (Lipinski definition) is 1. The zero-order valence-corrected chi connectivity index (χ0v) is 8.68. The van der Waals surface area contributed by atoms with E-state index in [4.69, 9.17) is 4.74 Å². The summed E-state index contributed by atoms with van der Waals surface area (Å²) in [7, 11) is 1.83. The smallest absolute Gasteiger partial charge is 0.0493 e. The van der Waals surface area contributed by atoms with Gasteiger partial charge < -0.3 is 4.74 Å². The van der Waals surface area contributed by atoms with Crippen LogP contribution in [0.25, 0.3) is 0 Å². The minimum atomic E-state index is 0.852. The third kappa shape index (κ3) is 2.22. The van der Waals surface area contributed by atoms with E-state index in [9.17, 15) is 0 Å². The highest BCUT2D eigenvalue weighted by atomic mass is 16.5. The highest BCUT2D eigenvalue weighted by Gasteiger charge is 2.31. The van der Waals surface area contributed by atoms with Crippen LogP contribution in [0, 0.1) is 17.8 Å². The molecule has 0 aliphatic heterocycles. The van der Waals surface area contributed by atoms with Gasteiger partial charge in [0.1, 0.15) is 0 Å². The van der Waals surface area contributed by atoms with Crippen molar-refractivity contribution in [2.75, 3.05) is 13.7 Å². The van der Waals surface area contributed by atoms with Crippen molar-refractivity contribution in [3.63, 3.8) is 0 Å². The molecule has 0 radical (unpaired) electrons. The molecule has 1 heteroatoms. The molecule has 12 heavy (non-hydrogen) atoms. The number of rotatable bonds is 4. The highest BCUT2D eigenvalue weighted by Crippen LogP contribution is 2.39. The van der Waals surface area contributed by atoms with Crippen molar-refractivity contribution in [3.8, 4) is 0 Å². The maximum absolute atomic E-state index is 5.25. The molecule has 1 fully saturated rings. The van der Waals surface area contributed by atoms with E-state index >= 15 is 0 Å². The lowest BCUT2D eigenvalue weighted by atomic mass is 9.95. The van der Waals surface area contributed by atoms with E-state index in [0.717, 1.165) is 24.4 Å². The summed E-state index contributed by atoms with van der Waals surface area (Å²) in [5.41, 5.74) is 0. The number of methoxy groups -OCH3 is 1. The molecule has 1 nitrogen and oxygen atoms in total. The van der Waals surface area contributed by atoms with E-state index in [1.54, 1.807) is 0 Å². The molecule has 1 saturated carbocycles. The fourth-order valence-corrected chi connectivity index (χ4v) is 2.59. The first-order valence-corrected chi connectivity index (χ1v) is 5.30. The summed E-state index contributed by atoms with van der Waals surface area (Å²) in [4.78, 5) is 0. The summed E-state index contributed by atoms with van der Waals surface area (Å²) in [5.74, 6) is 2.77. The standard InChI is InChI=1S/C11H22O/c1-4-9-6-10(5-2)11(7-9)8-12-3/h9-11H,4-8H2,1-3H3. The molecular weight excluding hydrogens is 148 g/mol.